The summed E-state index contributed by atoms with van der Waals surface area (Å²) in [5.41, 5.74) is -0.0676. The second-order valence-electron chi connectivity index (χ2n) is 6.64. The minimum absolute atomic E-state index is 0.217. The summed E-state index contributed by atoms with van der Waals surface area (Å²) in [5.74, 6) is 2.38. The molecule has 0 aliphatic carbocycles. The van der Waals surface area contributed by atoms with Crippen LogP contribution in [0.15, 0.2) is 30.5 Å². The lowest BCUT2D eigenvalue weighted by Crippen LogP contribution is -2.39. The molecule has 0 bridgehead atoms. The maximum Gasteiger partial charge on any atom is 0.229 e. The molecule has 3 rings (SSSR count). The fraction of sp³-hybridized carbons (Fsp3) is 0.474. The van der Waals surface area contributed by atoms with Crippen LogP contribution < -0.4 is 20.1 Å². The number of anilines is 3. The van der Waals surface area contributed by atoms with Gasteiger partial charge in [-0.2, -0.15) is 4.98 Å². The molecular formula is C19H27N5O3. The van der Waals surface area contributed by atoms with Crippen molar-refractivity contribution in [1.29, 1.82) is 0 Å². The largest absolute Gasteiger partial charge is 0.493 e. The van der Waals surface area contributed by atoms with Crippen LogP contribution in [0.5, 0.6) is 11.5 Å². The predicted octanol–water partition coefficient (Wildman–Crippen LogP) is 2.11. The highest BCUT2D eigenvalue weighted by Gasteiger charge is 2.36. The number of ether oxygens (including phenoxy) is 2. The van der Waals surface area contributed by atoms with Gasteiger partial charge in [-0.15, -0.1) is 0 Å². The number of benzene rings is 1. The highest BCUT2D eigenvalue weighted by molar-refractivity contribution is 5.60. The van der Waals surface area contributed by atoms with E-state index in [1.165, 1.54) is 0 Å². The maximum atomic E-state index is 10.7. The van der Waals surface area contributed by atoms with Crippen molar-refractivity contribution in [2.75, 3.05) is 51.0 Å². The molecule has 2 heterocycles. The Morgan fingerprint density at radius 3 is 2.85 bits per heavy atom. The molecule has 1 aliphatic rings. The van der Waals surface area contributed by atoms with Gasteiger partial charge in [0.05, 0.1) is 7.11 Å². The molecule has 0 unspecified atom stereocenters. The number of likely N-dealkylation sites (N-methyl/N-ethyl adjacent to an activating group) is 1. The molecule has 1 fully saturated rings. The Morgan fingerprint density at radius 2 is 2.15 bits per heavy atom. The fourth-order valence-corrected chi connectivity index (χ4v) is 3.09. The van der Waals surface area contributed by atoms with Gasteiger partial charge in [0.15, 0.2) is 11.5 Å². The molecule has 0 amide bonds. The Morgan fingerprint density at radius 1 is 1.30 bits per heavy atom. The number of β-amino-alcohol motifs (C(OH)–C–C–N with tert-alkyl or cyclic N) is 1. The third kappa shape index (κ3) is 4.78. The van der Waals surface area contributed by atoms with Crippen molar-refractivity contribution in [3.8, 4) is 11.5 Å². The lowest BCUT2D eigenvalue weighted by molar-refractivity contribution is 0.00368. The number of hydrogen-bond donors (Lipinski definition) is 3. The van der Waals surface area contributed by atoms with E-state index < -0.39 is 5.60 Å². The average Bonchev–Trinajstić information content (AvgIpc) is 3.08. The van der Waals surface area contributed by atoms with Crippen LogP contribution in [0, 0.1) is 0 Å². The highest BCUT2D eigenvalue weighted by Crippen LogP contribution is 2.32. The molecular weight excluding hydrogens is 346 g/mol. The molecule has 1 aromatic heterocycles. The first-order valence-electron chi connectivity index (χ1n) is 9.08. The molecule has 0 radical (unpaired) electrons. The number of aliphatic hydroxyl groups is 1. The van der Waals surface area contributed by atoms with Crippen molar-refractivity contribution >= 4 is 17.5 Å². The summed E-state index contributed by atoms with van der Waals surface area (Å²) in [6.07, 6.45) is 2.38. The quantitative estimate of drug-likeness (QED) is 0.648. The van der Waals surface area contributed by atoms with Gasteiger partial charge in [-0.05, 0) is 31.2 Å². The molecule has 27 heavy (non-hydrogen) atoms. The Kier molecular flexibility index (Phi) is 5.98. The van der Waals surface area contributed by atoms with Gasteiger partial charge < -0.3 is 30.1 Å². The molecule has 1 atom stereocenters. The normalized spacial score (nSPS) is 19.7. The van der Waals surface area contributed by atoms with Gasteiger partial charge in [0.2, 0.25) is 5.95 Å². The first kappa shape index (κ1) is 19.2. The average molecular weight is 373 g/mol. The van der Waals surface area contributed by atoms with Gasteiger partial charge >= 0.3 is 0 Å². The van der Waals surface area contributed by atoms with Crippen LogP contribution in [-0.4, -0.2) is 66.0 Å². The number of nitrogens with one attached hydrogen (secondary N) is 2. The van der Waals surface area contributed by atoms with E-state index in [2.05, 4.69) is 32.4 Å². The minimum Gasteiger partial charge on any atom is -0.493 e. The first-order valence-corrected chi connectivity index (χ1v) is 9.08. The van der Waals surface area contributed by atoms with Gasteiger partial charge in [0, 0.05) is 38.1 Å². The Bertz CT molecular complexity index is 773. The number of likely N-dealkylation sites (tertiary alicyclic amines) is 1. The molecule has 8 nitrogen and oxygen atoms in total. The molecule has 1 aromatic carbocycles. The lowest BCUT2D eigenvalue weighted by atomic mass is 10.1. The minimum atomic E-state index is -0.839. The van der Waals surface area contributed by atoms with Crippen molar-refractivity contribution in [1.82, 2.24) is 14.9 Å². The van der Waals surface area contributed by atoms with Gasteiger partial charge in [-0.25, -0.2) is 4.98 Å². The second-order valence-corrected chi connectivity index (χ2v) is 6.64. The second kappa shape index (κ2) is 8.41. The van der Waals surface area contributed by atoms with Crippen LogP contribution in [0.3, 0.4) is 0 Å². The number of nitrogens with zero attached hydrogens (tertiary/aromatic N) is 3. The van der Waals surface area contributed by atoms with Crippen LogP contribution >= 0.6 is 0 Å². The summed E-state index contributed by atoms with van der Waals surface area (Å²) < 4.78 is 11.3. The van der Waals surface area contributed by atoms with Crippen molar-refractivity contribution in [3.63, 3.8) is 0 Å². The SMILES string of the molecule is CCN1CC[C@](O)(COc2cc(Nc3nccc(NC)n3)ccc2OC)C1. The highest BCUT2D eigenvalue weighted by atomic mass is 16.5. The van der Waals surface area contributed by atoms with Crippen molar-refractivity contribution in [3.05, 3.63) is 30.5 Å². The van der Waals surface area contributed by atoms with E-state index in [-0.39, 0.29) is 6.61 Å². The van der Waals surface area contributed by atoms with Gasteiger partial charge in [0.25, 0.3) is 0 Å². The fourth-order valence-electron chi connectivity index (χ4n) is 3.09. The zero-order valence-corrected chi connectivity index (χ0v) is 16.0. The lowest BCUT2D eigenvalue weighted by Gasteiger charge is -2.24. The summed E-state index contributed by atoms with van der Waals surface area (Å²) >= 11 is 0. The number of aromatic nitrogens is 2. The summed E-state index contributed by atoms with van der Waals surface area (Å²) in [4.78, 5) is 10.8. The Labute approximate surface area is 159 Å². The third-order valence-corrected chi connectivity index (χ3v) is 4.69. The van der Waals surface area contributed by atoms with Gasteiger partial charge in [-0.3, -0.25) is 0 Å². The van der Waals surface area contributed by atoms with Crippen molar-refractivity contribution in [2.24, 2.45) is 0 Å². The summed E-state index contributed by atoms with van der Waals surface area (Å²) in [6, 6.07) is 7.29. The molecule has 0 saturated carbocycles. The third-order valence-electron chi connectivity index (χ3n) is 4.69. The standard InChI is InChI=1S/C19H27N5O3/c1-4-24-10-8-19(25,12-24)13-27-16-11-14(5-6-15(16)26-3)22-18-21-9-7-17(20-2)23-18/h5-7,9,11,25H,4,8,10,12-13H2,1-3H3,(H2,20,21,22,23)/t19-/m1/s1. The van der Waals surface area contributed by atoms with Crippen LogP contribution in [0.1, 0.15) is 13.3 Å². The molecule has 146 valence electrons. The Hall–Kier alpha value is -2.58. The molecule has 1 saturated heterocycles. The van der Waals surface area contributed by atoms with Gasteiger partial charge in [-0.1, -0.05) is 6.92 Å². The van der Waals surface area contributed by atoms with E-state index in [0.717, 1.165) is 24.6 Å². The molecule has 8 heteroatoms. The van der Waals surface area contributed by atoms with E-state index in [1.807, 2.05) is 18.2 Å². The maximum absolute atomic E-state index is 10.7. The Balaban J connectivity index is 1.71. The summed E-state index contributed by atoms with van der Waals surface area (Å²) in [7, 11) is 3.40. The van der Waals surface area contributed by atoms with Gasteiger partial charge in [0.1, 0.15) is 18.0 Å². The van der Waals surface area contributed by atoms with E-state index in [9.17, 15) is 5.11 Å². The zero-order valence-electron chi connectivity index (χ0n) is 16.0. The number of rotatable bonds is 8. The van der Waals surface area contributed by atoms with Crippen LogP contribution in [0.2, 0.25) is 0 Å². The smallest absolute Gasteiger partial charge is 0.229 e. The molecule has 2 aromatic rings. The van der Waals surface area contributed by atoms with Crippen molar-refractivity contribution < 1.29 is 14.6 Å². The van der Waals surface area contributed by atoms with Crippen molar-refractivity contribution in [2.45, 2.75) is 18.9 Å². The van der Waals surface area contributed by atoms with E-state index in [4.69, 9.17) is 9.47 Å². The summed E-state index contributed by atoms with van der Waals surface area (Å²) in [5, 5.41) is 16.9. The van der Waals surface area contributed by atoms with E-state index in [0.29, 0.717) is 30.4 Å². The van der Waals surface area contributed by atoms with Crippen LogP contribution in [0.4, 0.5) is 17.5 Å². The zero-order chi connectivity index (χ0) is 19.3. The first-order chi connectivity index (χ1) is 13.0. The van der Waals surface area contributed by atoms with E-state index in [1.54, 1.807) is 26.4 Å². The molecule has 1 aliphatic heterocycles. The monoisotopic (exact) mass is 373 g/mol. The number of hydrogen-bond acceptors (Lipinski definition) is 8. The molecule has 0 spiro atoms. The van der Waals surface area contributed by atoms with Crippen LogP contribution in [-0.2, 0) is 0 Å². The number of methoxy groups -OCH3 is 1. The van der Waals surface area contributed by atoms with Crippen LogP contribution in [0.25, 0.3) is 0 Å². The molecule has 3 N–H and O–H groups in total. The van der Waals surface area contributed by atoms with E-state index >= 15 is 0 Å². The predicted molar refractivity (Wildman–Crippen MR) is 105 cm³/mol. The summed E-state index contributed by atoms with van der Waals surface area (Å²) in [6.45, 7) is 4.74. The topological polar surface area (TPSA) is 91.8 Å².